The molecule has 0 aromatic heterocycles. The molecule has 0 aliphatic rings. The molecule has 0 aromatic rings. The molecule has 6 heteroatoms. The number of rotatable bonds is 62. The molecule has 0 saturated carbocycles. The van der Waals surface area contributed by atoms with Gasteiger partial charge in [-0.25, -0.2) is 0 Å². The maximum absolute atomic E-state index is 12.6. The molecule has 0 aromatic carbocycles. The van der Waals surface area contributed by atoms with E-state index in [9.17, 15) is 25.2 Å². The molecule has 0 heterocycles. The Labute approximate surface area is 451 Å². The van der Waals surface area contributed by atoms with Gasteiger partial charge in [0.25, 0.3) is 0 Å². The van der Waals surface area contributed by atoms with Crippen molar-refractivity contribution in [3.8, 4) is 0 Å². The normalized spacial score (nSPS) is 13.6. The fourth-order valence-corrected chi connectivity index (χ4v) is 10.8. The molecular weight excluding hydrogens is 887 g/mol. The summed E-state index contributed by atoms with van der Waals surface area (Å²) in [6.45, 7) is 4.09. The van der Waals surface area contributed by atoms with Gasteiger partial charge in [-0.15, -0.1) is 0 Å². The highest BCUT2D eigenvalue weighted by atomic mass is 16.3. The molecule has 4 unspecified atom stereocenters. The summed E-state index contributed by atoms with van der Waals surface area (Å²) < 4.78 is 0. The van der Waals surface area contributed by atoms with Crippen LogP contribution in [0.25, 0.3) is 0 Å². The van der Waals surface area contributed by atoms with Crippen molar-refractivity contribution in [2.75, 3.05) is 6.61 Å². The van der Waals surface area contributed by atoms with Crippen LogP contribution in [-0.2, 0) is 4.79 Å². The van der Waals surface area contributed by atoms with Gasteiger partial charge in [0.15, 0.2) is 0 Å². The first-order valence-corrected chi connectivity index (χ1v) is 33.1. The third kappa shape index (κ3) is 53.9. The van der Waals surface area contributed by atoms with E-state index < -0.39 is 36.9 Å². The summed E-state index contributed by atoms with van der Waals surface area (Å²) in [4.78, 5) is 12.6. The van der Waals surface area contributed by atoms with Crippen molar-refractivity contribution in [1.82, 2.24) is 5.32 Å². The highest BCUT2D eigenvalue weighted by Crippen LogP contribution is 2.19. The summed E-state index contributed by atoms with van der Waals surface area (Å²) in [5, 5.41) is 44.1. The van der Waals surface area contributed by atoms with Gasteiger partial charge in [-0.1, -0.05) is 347 Å². The zero-order chi connectivity index (χ0) is 52.3. The van der Waals surface area contributed by atoms with Gasteiger partial charge >= 0.3 is 0 Å². The summed E-state index contributed by atoms with van der Waals surface area (Å²) in [6.07, 6.45) is 74.8. The second kappa shape index (κ2) is 60.9. The molecule has 6 nitrogen and oxygen atoms in total. The van der Waals surface area contributed by atoms with Crippen LogP contribution in [0.5, 0.6) is 0 Å². The molecular formula is C66H131NO5. The van der Waals surface area contributed by atoms with Crippen LogP contribution in [0.4, 0.5) is 0 Å². The molecule has 0 rings (SSSR count). The number of hydrogen-bond acceptors (Lipinski definition) is 5. The molecule has 0 bridgehead atoms. The standard InChI is InChI=1S/C66H131NO5/c1-3-5-7-9-11-13-15-17-19-21-23-25-26-27-28-29-30-31-32-33-34-35-36-37-38-39-40-42-44-46-48-50-52-54-56-58-60-64(70)66(72)67-62(61-68)65(71)63(69)59-57-55-53-51-49-47-45-43-41-24-22-20-18-16-14-12-10-8-6-4-2/h51,53,62-65,68-71H,3-50,52,54-61H2,1-2H3,(H,67,72)/b53-51+. The van der Waals surface area contributed by atoms with Crippen molar-refractivity contribution in [1.29, 1.82) is 0 Å². The average Bonchev–Trinajstić information content (AvgIpc) is 3.39. The molecule has 0 radical (unpaired) electrons. The van der Waals surface area contributed by atoms with Crippen molar-refractivity contribution in [2.45, 2.75) is 398 Å². The Morgan fingerprint density at radius 1 is 0.333 bits per heavy atom. The van der Waals surface area contributed by atoms with Gasteiger partial charge in [-0.3, -0.25) is 4.79 Å². The summed E-state index contributed by atoms with van der Waals surface area (Å²) in [7, 11) is 0. The van der Waals surface area contributed by atoms with E-state index >= 15 is 0 Å². The zero-order valence-corrected chi connectivity index (χ0v) is 49.0. The van der Waals surface area contributed by atoms with Gasteiger partial charge in [0.05, 0.1) is 18.8 Å². The Balaban J connectivity index is 3.51. The molecule has 0 aliphatic heterocycles. The van der Waals surface area contributed by atoms with E-state index in [0.29, 0.717) is 12.8 Å². The highest BCUT2D eigenvalue weighted by molar-refractivity contribution is 5.80. The first kappa shape index (κ1) is 71.0. The topological polar surface area (TPSA) is 110 Å². The number of carbonyl (C=O) groups excluding carboxylic acids is 1. The molecule has 72 heavy (non-hydrogen) atoms. The first-order chi connectivity index (χ1) is 35.5. The fourth-order valence-electron chi connectivity index (χ4n) is 10.8. The average molecular weight is 1020 g/mol. The molecule has 0 fully saturated rings. The maximum atomic E-state index is 12.6. The monoisotopic (exact) mass is 1020 g/mol. The number of nitrogens with one attached hydrogen (secondary N) is 1. The van der Waals surface area contributed by atoms with Gasteiger partial charge in [-0.05, 0) is 38.5 Å². The third-order valence-corrected chi connectivity index (χ3v) is 16.0. The molecule has 0 aliphatic carbocycles. The SMILES string of the molecule is CCCCCCCCCCCCCCCCC/C=C/CCCC(O)C(O)C(CO)NC(=O)C(O)CCCCCCCCCCCCCCCCCCCCCCCCCCCCCCCCCCCCCC. The first-order valence-electron chi connectivity index (χ1n) is 33.1. The van der Waals surface area contributed by atoms with E-state index in [2.05, 4.69) is 31.3 Å². The largest absolute Gasteiger partial charge is 0.394 e. The van der Waals surface area contributed by atoms with Crippen LogP contribution in [0, 0.1) is 0 Å². The Hall–Kier alpha value is -0.950. The van der Waals surface area contributed by atoms with Gasteiger partial charge in [0.1, 0.15) is 12.2 Å². The Kier molecular flexibility index (Phi) is 60.1. The summed E-state index contributed by atoms with van der Waals surface area (Å²) in [5.74, 6) is -0.585. The number of aliphatic hydroxyl groups is 4. The third-order valence-electron chi connectivity index (χ3n) is 16.0. The summed E-state index contributed by atoms with van der Waals surface area (Å²) in [6, 6.07) is -0.999. The van der Waals surface area contributed by atoms with Crippen molar-refractivity contribution < 1.29 is 25.2 Å². The molecule has 5 N–H and O–H groups in total. The molecule has 4 atom stereocenters. The van der Waals surface area contributed by atoms with Gasteiger partial charge < -0.3 is 25.7 Å². The lowest BCUT2D eigenvalue weighted by atomic mass is 10.00. The predicted molar refractivity (Wildman–Crippen MR) is 316 cm³/mol. The van der Waals surface area contributed by atoms with Crippen molar-refractivity contribution in [3.05, 3.63) is 12.2 Å². The van der Waals surface area contributed by atoms with E-state index in [1.165, 1.54) is 308 Å². The van der Waals surface area contributed by atoms with Crippen LogP contribution in [0.2, 0.25) is 0 Å². The summed E-state index contributed by atoms with van der Waals surface area (Å²) in [5.41, 5.74) is 0. The minimum absolute atomic E-state index is 0.369. The van der Waals surface area contributed by atoms with E-state index in [-0.39, 0.29) is 0 Å². The van der Waals surface area contributed by atoms with Crippen molar-refractivity contribution in [2.24, 2.45) is 0 Å². The summed E-state index contributed by atoms with van der Waals surface area (Å²) >= 11 is 0. The Morgan fingerprint density at radius 3 is 0.833 bits per heavy atom. The van der Waals surface area contributed by atoms with Crippen LogP contribution >= 0.6 is 0 Å². The van der Waals surface area contributed by atoms with Crippen molar-refractivity contribution in [3.63, 3.8) is 0 Å². The molecule has 430 valence electrons. The van der Waals surface area contributed by atoms with E-state index in [1.807, 2.05) is 0 Å². The van der Waals surface area contributed by atoms with E-state index in [4.69, 9.17) is 0 Å². The number of aliphatic hydroxyl groups excluding tert-OH is 4. The molecule has 0 saturated heterocycles. The second-order valence-corrected chi connectivity index (χ2v) is 23.2. The minimum Gasteiger partial charge on any atom is -0.394 e. The van der Waals surface area contributed by atoms with Gasteiger partial charge in [0, 0.05) is 0 Å². The molecule has 1 amide bonds. The van der Waals surface area contributed by atoms with E-state index in [1.54, 1.807) is 0 Å². The quantitative estimate of drug-likeness (QED) is 0.0308. The molecule has 0 spiro atoms. The minimum atomic E-state index is -1.28. The number of carbonyl (C=O) groups is 1. The van der Waals surface area contributed by atoms with Crippen LogP contribution in [0.1, 0.15) is 373 Å². The number of amides is 1. The van der Waals surface area contributed by atoms with Crippen LogP contribution in [0.15, 0.2) is 12.2 Å². The van der Waals surface area contributed by atoms with Crippen molar-refractivity contribution >= 4 is 5.91 Å². The Bertz CT molecular complexity index is 1050. The van der Waals surface area contributed by atoms with E-state index in [0.717, 1.165) is 38.5 Å². The predicted octanol–water partition coefficient (Wildman–Crippen LogP) is 20.0. The maximum Gasteiger partial charge on any atom is 0.249 e. The lowest BCUT2D eigenvalue weighted by Crippen LogP contribution is -2.53. The highest BCUT2D eigenvalue weighted by Gasteiger charge is 2.28. The van der Waals surface area contributed by atoms with Crippen LogP contribution in [0.3, 0.4) is 0 Å². The van der Waals surface area contributed by atoms with Gasteiger partial charge in [0.2, 0.25) is 5.91 Å². The second-order valence-electron chi connectivity index (χ2n) is 23.2. The Morgan fingerprint density at radius 2 is 0.569 bits per heavy atom. The number of hydrogen-bond donors (Lipinski definition) is 5. The van der Waals surface area contributed by atoms with Gasteiger partial charge in [-0.2, -0.15) is 0 Å². The fraction of sp³-hybridized carbons (Fsp3) is 0.955. The number of unbranched alkanes of at least 4 members (excludes halogenated alkanes) is 51. The van der Waals surface area contributed by atoms with Crippen LogP contribution < -0.4 is 5.32 Å². The lowest BCUT2D eigenvalue weighted by Gasteiger charge is -2.27. The smallest absolute Gasteiger partial charge is 0.249 e. The van der Waals surface area contributed by atoms with Crippen LogP contribution in [-0.4, -0.2) is 57.3 Å². The number of allylic oxidation sites excluding steroid dienone is 2. The lowest BCUT2D eigenvalue weighted by molar-refractivity contribution is -0.132. The zero-order valence-electron chi connectivity index (χ0n) is 49.0.